The third-order valence-corrected chi connectivity index (χ3v) is 5.06. The molecule has 4 heteroatoms. The maximum Gasteiger partial charge on any atom is 0.254 e. The van der Waals surface area contributed by atoms with Gasteiger partial charge in [-0.3, -0.25) is 4.79 Å². The first-order valence-electron chi connectivity index (χ1n) is 8.57. The number of H-pyrrole nitrogens is 1. The summed E-state index contributed by atoms with van der Waals surface area (Å²) in [4.78, 5) is 18.3. The summed E-state index contributed by atoms with van der Waals surface area (Å²) in [6.45, 7) is 3.34. The molecule has 5 rings (SSSR count). The molecule has 2 aromatic carbocycles. The highest BCUT2D eigenvalue weighted by atomic mass is 16.3. The summed E-state index contributed by atoms with van der Waals surface area (Å²) in [7, 11) is 0. The van der Waals surface area contributed by atoms with Crippen LogP contribution in [0.1, 0.15) is 27.4 Å². The fourth-order valence-corrected chi connectivity index (χ4v) is 3.90. The molecule has 4 nitrogen and oxygen atoms in total. The zero-order valence-corrected chi connectivity index (χ0v) is 14.0. The van der Waals surface area contributed by atoms with Gasteiger partial charge < -0.3 is 14.3 Å². The van der Waals surface area contributed by atoms with Crippen LogP contribution in [0.15, 0.2) is 52.9 Å². The third kappa shape index (κ3) is 2.18. The molecule has 0 radical (unpaired) electrons. The van der Waals surface area contributed by atoms with Crippen LogP contribution in [0.5, 0.6) is 0 Å². The highest BCUT2D eigenvalue weighted by Gasteiger charge is 2.26. The molecule has 25 heavy (non-hydrogen) atoms. The first kappa shape index (κ1) is 14.3. The van der Waals surface area contributed by atoms with Gasteiger partial charge in [-0.05, 0) is 37.3 Å². The monoisotopic (exact) mass is 330 g/mol. The predicted octanol–water partition coefficient (Wildman–Crippen LogP) is 4.42. The van der Waals surface area contributed by atoms with Gasteiger partial charge in [-0.1, -0.05) is 18.2 Å². The Balaban J connectivity index is 1.61. The Morgan fingerprint density at radius 3 is 2.84 bits per heavy atom. The van der Waals surface area contributed by atoms with Gasteiger partial charge in [0.2, 0.25) is 0 Å². The van der Waals surface area contributed by atoms with Crippen molar-refractivity contribution in [3.8, 4) is 0 Å². The van der Waals surface area contributed by atoms with Crippen molar-refractivity contribution < 1.29 is 9.21 Å². The van der Waals surface area contributed by atoms with E-state index in [2.05, 4.69) is 17.1 Å². The quantitative estimate of drug-likeness (QED) is 0.561. The fourth-order valence-electron chi connectivity index (χ4n) is 3.90. The standard InChI is InChI=1S/C21H18N2O2/c1-13-11-15-19(25-13)8-7-18-20(15)16-12-23(10-9-17(16)22-18)21(24)14-5-3-2-4-6-14/h2-8,11,22H,9-10,12H2,1H3. The van der Waals surface area contributed by atoms with Crippen molar-refractivity contribution in [2.75, 3.05) is 6.54 Å². The van der Waals surface area contributed by atoms with Crippen LogP contribution < -0.4 is 0 Å². The molecule has 1 amide bonds. The molecule has 3 heterocycles. The number of aromatic amines is 1. The Labute approximate surface area is 145 Å². The highest BCUT2D eigenvalue weighted by molar-refractivity contribution is 6.07. The SMILES string of the molecule is Cc1cc2c(ccc3[nH]c4c(c32)CN(C(=O)c2ccccc2)CC4)o1. The molecule has 4 aromatic rings. The largest absolute Gasteiger partial charge is 0.461 e. The number of carbonyl (C=O) groups excluding carboxylic acids is 1. The second-order valence-corrected chi connectivity index (χ2v) is 6.68. The number of hydrogen-bond donors (Lipinski definition) is 1. The van der Waals surface area contributed by atoms with E-state index in [1.807, 2.05) is 48.2 Å². The lowest BCUT2D eigenvalue weighted by molar-refractivity contribution is 0.0735. The summed E-state index contributed by atoms with van der Waals surface area (Å²) in [5.74, 6) is 1.00. The summed E-state index contributed by atoms with van der Waals surface area (Å²) in [6, 6.07) is 15.7. The van der Waals surface area contributed by atoms with Gasteiger partial charge in [0.1, 0.15) is 11.3 Å². The van der Waals surface area contributed by atoms with Crippen LogP contribution in [0.3, 0.4) is 0 Å². The van der Waals surface area contributed by atoms with Crippen LogP contribution in [-0.2, 0) is 13.0 Å². The number of nitrogens with zero attached hydrogens (tertiary/aromatic N) is 1. The molecule has 1 aliphatic rings. The lowest BCUT2D eigenvalue weighted by Gasteiger charge is -2.27. The average Bonchev–Trinajstić information content (AvgIpc) is 3.20. The van der Waals surface area contributed by atoms with Gasteiger partial charge >= 0.3 is 0 Å². The number of rotatable bonds is 1. The zero-order chi connectivity index (χ0) is 17.0. The Morgan fingerprint density at radius 2 is 2.00 bits per heavy atom. The predicted molar refractivity (Wildman–Crippen MR) is 97.7 cm³/mol. The number of fused-ring (bicyclic) bond motifs is 5. The van der Waals surface area contributed by atoms with Crippen molar-refractivity contribution in [1.82, 2.24) is 9.88 Å². The van der Waals surface area contributed by atoms with Crippen molar-refractivity contribution in [1.29, 1.82) is 0 Å². The fraction of sp³-hybridized carbons (Fsp3) is 0.190. The molecule has 1 aliphatic heterocycles. The van der Waals surface area contributed by atoms with Crippen molar-refractivity contribution in [3.63, 3.8) is 0 Å². The first-order valence-corrected chi connectivity index (χ1v) is 8.57. The van der Waals surface area contributed by atoms with E-state index in [1.54, 1.807) is 0 Å². The number of furan rings is 1. The smallest absolute Gasteiger partial charge is 0.254 e. The summed E-state index contributed by atoms with van der Waals surface area (Å²) in [6.07, 6.45) is 0.848. The maximum atomic E-state index is 12.8. The van der Waals surface area contributed by atoms with Crippen LogP contribution in [0.25, 0.3) is 21.9 Å². The number of benzene rings is 2. The number of nitrogens with one attached hydrogen (secondary N) is 1. The molecule has 1 N–H and O–H groups in total. The Kier molecular flexibility index (Phi) is 3.01. The minimum absolute atomic E-state index is 0.0937. The topological polar surface area (TPSA) is 49.2 Å². The van der Waals surface area contributed by atoms with Crippen LogP contribution in [0.2, 0.25) is 0 Å². The Bertz CT molecular complexity index is 1110. The molecule has 0 unspecified atom stereocenters. The molecule has 0 saturated heterocycles. The van der Waals surface area contributed by atoms with Gasteiger partial charge in [-0.25, -0.2) is 0 Å². The molecule has 2 aromatic heterocycles. The van der Waals surface area contributed by atoms with Gasteiger partial charge in [0.15, 0.2) is 0 Å². The van der Waals surface area contributed by atoms with E-state index >= 15 is 0 Å². The van der Waals surface area contributed by atoms with Crippen LogP contribution in [-0.4, -0.2) is 22.3 Å². The molecule has 0 bridgehead atoms. The van der Waals surface area contributed by atoms with E-state index < -0.39 is 0 Å². The maximum absolute atomic E-state index is 12.8. The summed E-state index contributed by atoms with van der Waals surface area (Å²) < 4.78 is 5.79. The number of amides is 1. The molecule has 0 aliphatic carbocycles. The molecule has 124 valence electrons. The molecule has 0 atom stereocenters. The second kappa shape index (κ2) is 5.24. The van der Waals surface area contributed by atoms with Gasteiger partial charge in [0.05, 0.1) is 0 Å². The second-order valence-electron chi connectivity index (χ2n) is 6.68. The Hall–Kier alpha value is -3.01. The normalized spacial score (nSPS) is 14.2. The lowest BCUT2D eigenvalue weighted by atomic mass is 10.0. The number of aromatic nitrogens is 1. The lowest BCUT2D eigenvalue weighted by Crippen LogP contribution is -2.35. The number of aryl methyl sites for hydroxylation is 1. The number of hydrogen-bond acceptors (Lipinski definition) is 2. The molecule has 0 spiro atoms. The molecule has 0 fully saturated rings. The van der Waals surface area contributed by atoms with E-state index in [-0.39, 0.29) is 5.91 Å². The minimum Gasteiger partial charge on any atom is -0.461 e. The molecule has 0 saturated carbocycles. The average molecular weight is 330 g/mol. The molecular formula is C21H18N2O2. The molecular weight excluding hydrogens is 312 g/mol. The van der Waals surface area contributed by atoms with E-state index in [1.165, 1.54) is 16.6 Å². The van der Waals surface area contributed by atoms with Gasteiger partial charge in [-0.2, -0.15) is 0 Å². The van der Waals surface area contributed by atoms with E-state index in [9.17, 15) is 4.79 Å². The summed E-state index contributed by atoms with van der Waals surface area (Å²) in [5, 5.41) is 2.32. The van der Waals surface area contributed by atoms with Crippen molar-refractivity contribution >= 4 is 27.8 Å². The Morgan fingerprint density at radius 1 is 1.16 bits per heavy atom. The van der Waals surface area contributed by atoms with E-state index in [0.29, 0.717) is 6.54 Å². The van der Waals surface area contributed by atoms with Crippen LogP contribution >= 0.6 is 0 Å². The van der Waals surface area contributed by atoms with E-state index in [4.69, 9.17) is 4.42 Å². The highest BCUT2D eigenvalue weighted by Crippen LogP contribution is 2.35. The van der Waals surface area contributed by atoms with Gasteiger partial charge in [0, 0.05) is 52.6 Å². The first-order chi connectivity index (χ1) is 12.2. The zero-order valence-electron chi connectivity index (χ0n) is 14.0. The van der Waals surface area contributed by atoms with Crippen LogP contribution in [0, 0.1) is 6.92 Å². The van der Waals surface area contributed by atoms with Crippen molar-refractivity contribution in [2.45, 2.75) is 19.9 Å². The van der Waals surface area contributed by atoms with Crippen molar-refractivity contribution in [3.05, 3.63) is 71.1 Å². The van der Waals surface area contributed by atoms with Gasteiger partial charge in [-0.15, -0.1) is 0 Å². The van der Waals surface area contributed by atoms with Crippen molar-refractivity contribution in [2.24, 2.45) is 0 Å². The van der Waals surface area contributed by atoms with Gasteiger partial charge in [0.25, 0.3) is 5.91 Å². The van der Waals surface area contributed by atoms with Crippen LogP contribution in [0.4, 0.5) is 0 Å². The number of carbonyl (C=O) groups is 1. The summed E-state index contributed by atoms with van der Waals surface area (Å²) >= 11 is 0. The summed E-state index contributed by atoms with van der Waals surface area (Å²) in [5.41, 5.74) is 5.22. The minimum atomic E-state index is 0.0937. The third-order valence-electron chi connectivity index (χ3n) is 5.06. The van der Waals surface area contributed by atoms with E-state index in [0.717, 1.165) is 40.8 Å².